The number of carbonyl (C=O) groups is 1. The molecule has 2 rings (SSSR count). The van der Waals surface area contributed by atoms with E-state index in [0.717, 1.165) is 13.2 Å². The topological polar surface area (TPSA) is 46.5 Å². The normalized spacial score (nSPS) is 17.1. The molecule has 7 heteroatoms. The molecule has 0 bridgehead atoms. The molecule has 0 aromatic heterocycles. The van der Waals surface area contributed by atoms with Gasteiger partial charge in [-0.3, -0.25) is 4.79 Å². The summed E-state index contributed by atoms with van der Waals surface area (Å²) in [6, 6.07) is 2.04. The molecule has 104 valence electrons. The van der Waals surface area contributed by atoms with Crippen molar-refractivity contribution in [2.45, 2.75) is 24.4 Å². The lowest BCUT2D eigenvalue weighted by molar-refractivity contribution is -0.141. The van der Waals surface area contributed by atoms with Crippen molar-refractivity contribution >= 4 is 17.6 Å². The molecule has 19 heavy (non-hydrogen) atoms. The van der Waals surface area contributed by atoms with E-state index in [-0.39, 0.29) is 10.6 Å². The van der Waals surface area contributed by atoms with E-state index < -0.39 is 28.9 Å². The predicted molar refractivity (Wildman–Crippen MR) is 61.6 cm³/mol. The van der Waals surface area contributed by atoms with Crippen LogP contribution in [0.15, 0.2) is 12.1 Å². The fourth-order valence-electron chi connectivity index (χ4n) is 2.04. The number of alkyl halides is 3. The van der Waals surface area contributed by atoms with Gasteiger partial charge in [-0.15, -0.1) is 0 Å². The second-order valence-electron chi connectivity index (χ2n) is 4.42. The molecular formula is C12H10ClF3O3. The number of halogens is 4. The molecule has 1 fully saturated rings. The van der Waals surface area contributed by atoms with E-state index in [2.05, 4.69) is 4.74 Å². The van der Waals surface area contributed by atoms with E-state index in [9.17, 15) is 18.0 Å². The largest absolute Gasteiger partial charge is 0.495 e. The van der Waals surface area contributed by atoms with Gasteiger partial charge in [-0.2, -0.15) is 13.2 Å². The number of aliphatic carboxylic acids is 1. The molecule has 1 N–H and O–H groups in total. The van der Waals surface area contributed by atoms with Crippen LogP contribution in [-0.2, 0) is 16.4 Å². The maximum atomic E-state index is 12.9. The predicted octanol–water partition coefficient (Wildman–Crippen LogP) is 3.48. The van der Waals surface area contributed by atoms with Gasteiger partial charge >= 0.3 is 12.1 Å². The third-order valence-electron chi connectivity index (χ3n) is 3.27. The molecular weight excluding hydrogens is 285 g/mol. The van der Waals surface area contributed by atoms with Crippen LogP contribution in [0.5, 0.6) is 5.75 Å². The van der Waals surface area contributed by atoms with Crippen molar-refractivity contribution in [3.8, 4) is 5.75 Å². The van der Waals surface area contributed by atoms with Crippen LogP contribution in [-0.4, -0.2) is 18.2 Å². The Hall–Kier alpha value is -1.43. The van der Waals surface area contributed by atoms with Gasteiger partial charge in [-0.1, -0.05) is 11.6 Å². The number of hydrogen-bond donors (Lipinski definition) is 1. The van der Waals surface area contributed by atoms with E-state index in [0.29, 0.717) is 12.8 Å². The van der Waals surface area contributed by atoms with Crippen molar-refractivity contribution in [3.05, 3.63) is 28.3 Å². The summed E-state index contributed by atoms with van der Waals surface area (Å²) in [5.74, 6) is -1.62. The zero-order valence-electron chi connectivity index (χ0n) is 9.84. The third kappa shape index (κ3) is 2.25. The minimum atomic E-state index is -4.65. The number of carboxylic acids is 1. The fourth-order valence-corrected chi connectivity index (χ4v) is 2.34. The lowest BCUT2D eigenvalue weighted by Crippen LogP contribution is -2.21. The lowest BCUT2D eigenvalue weighted by Gasteiger charge is -2.18. The highest BCUT2D eigenvalue weighted by Gasteiger charge is 2.53. The van der Waals surface area contributed by atoms with Crippen LogP contribution < -0.4 is 4.74 Å². The number of carboxylic acid groups (broad SMARTS) is 1. The number of hydrogen-bond acceptors (Lipinski definition) is 2. The molecule has 1 aromatic rings. The Kier molecular flexibility index (Phi) is 3.16. The average Bonchev–Trinajstić information content (AvgIpc) is 3.07. The molecule has 1 saturated carbocycles. The van der Waals surface area contributed by atoms with Crippen molar-refractivity contribution in [1.29, 1.82) is 0 Å². The van der Waals surface area contributed by atoms with Crippen molar-refractivity contribution < 1.29 is 27.8 Å². The quantitative estimate of drug-likeness (QED) is 0.928. The molecule has 0 atom stereocenters. The second-order valence-corrected chi connectivity index (χ2v) is 4.83. The van der Waals surface area contributed by atoms with Crippen LogP contribution in [0.4, 0.5) is 13.2 Å². The number of benzene rings is 1. The van der Waals surface area contributed by atoms with Crippen LogP contribution in [0.3, 0.4) is 0 Å². The van der Waals surface area contributed by atoms with Crippen LogP contribution >= 0.6 is 11.6 Å². The summed E-state index contributed by atoms with van der Waals surface area (Å²) in [4.78, 5) is 11.2. The molecule has 1 aromatic carbocycles. The molecule has 3 nitrogen and oxygen atoms in total. The molecule has 0 amide bonds. The van der Waals surface area contributed by atoms with Crippen molar-refractivity contribution in [2.24, 2.45) is 0 Å². The zero-order valence-corrected chi connectivity index (χ0v) is 10.6. The Morgan fingerprint density at radius 3 is 2.37 bits per heavy atom. The highest BCUT2D eigenvalue weighted by atomic mass is 35.5. The van der Waals surface area contributed by atoms with Gasteiger partial charge in [-0.25, -0.2) is 0 Å². The molecule has 0 heterocycles. The SMILES string of the molecule is COc1c(Cl)cc(C2(C(=O)O)CC2)cc1C(F)(F)F. The van der Waals surface area contributed by atoms with E-state index in [1.54, 1.807) is 0 Å². The fraction of sp³-hybridized carbons (Fsp3) is 0.417. The minimum Gasteiger partial charge on any atom is -0.495 e. The van der Waals surface area contributed by atoms with Gasteiger partial charge in [0.2, 0.25) is 0 Å². The summed E-state index contributed by atoms with van der Waals surface area (Å²) >= 11 is 5.76. The van der Waals surface area contributed by atoms with Gasteiger partial charge in [-0.05, 0) is 30.5 Å². The Bertz CT molecular complexity index is 536. The van der Waals surface area contributed by atoms with E-state index in [1.807, 2.05) is 0 Å². The minimum absolute atomic E-state index is 0.0677. The smallest absolute Gasteiger partial charge is 0.420 e. The standard InChI is InChI=1S/C12H10ClF3O3/c1-19-9-7(12(14,15)16)4-6(5-8(9)13)11(2-3-11)10(17)18/h4-5H,2-3H2,1H3,(H,17,18). The Morgan fingerprint density at radius 2 is 2.00 bits per heavy atom. The summed E-state index contributed by atoms with van der Waals surface area (Å²) in [5.41, 5.74) is -2.22. The van der Waals surface area contributed by atoms with E-state index in [4.69, 9.17) is 16.7 Å². The van der Waals surface area contributed by atoms with Gasteiger partial charge < -0.3 is 9.84 Å². The number of ether oxygens (including phenoxy) is 1. The highest BCUT2D eigenvalue weighted by Crippen LogP contribution is 2.52. The van der Waals surface area contributed by atoms with Gasteiger partial charge in [0.05, 0.1) is 23.1 Å². The van der Waals surface area contributed by atoms with Crippen molar-refractivity contribution in [1.82, 2.24) is 0 Å². The van der Waals surface area contributed by atoms with Gasteiger partial charge in [0, 0.05) is 0 Å². The maximum Gasteiger partial charge on any atom is 0.420 e. The van der Waals surface area contributed by atoms with Gasteiger partial charge in [0.15, 0.2) is 0 Å². The van der Waals surface area contributed by atoms with Gasteiger partial charge in [0.25, 0.3) is 0 Å². The van der Waals surface area contributed by atoms with Crippen LogP contribution in [0.25, 0.3) is 0 Å². The van der Waals surface area contributed by atoms with E-state index in [1.165, 1.54) is 6.07 Å². The first kappa shape index (κ1) is 14.0. The first-order valence-corrected chi connectivity index (χ1v) is 5.79. The van der Waals surface area contributed by atoms with Gasteiger partial charge in [0.1, 0.15) is 5.75 Å². The number of methoxy groups -OCH3 is 1. The van der Waals surface area contributed by atoms with Crippen LogP contribution in [0.2, 0.25) is 5.02 Å². The number of rotatable bonds is 3. The summed E-state index contributed by atoms with van der Waals surface area (Å²) in [7, 11) is 1.08. The summed E-state index contributed by atoms with van der Waals surface area (Å²) in [5, 5.41) is 8.88. The zero-order chi connectivity index (χ0) is 14.4. The van der Waals surface area contributed by atoms with Crippen molar-refractivity contribution in [3.63, 3.8) is 0 Å². The molecule has 0 radical (unpaired) electrons. The summed E-state index contributed by atoms with van der Waals surface area (Å²) < 4.78 is 43.4. The Labute approximate surface area is 111 Å². The Morgan fingerprint density at radius 1 is 1.42 bits per heavy atom. The van der Waals surface area contributed by atoms with Crippen LogP contribution in [0, 0.1) is 0 Å². The summed E-state index contributed by atoms with van der Waals surface area (Å²) in [6.07, 6.45) is -4.04. The monoisotopic (exact) mass is 294 g/mol. The highest BCUT2D eigenvalue weighted by molar-refractivity contribution is 6.32. The second kappa shape index (κ2) is 4.30. The average molecular weight is 295 g/mol. The van der Waals surface area contributed by atoms with E-state index >= 15 is 0 Å². The molecule has 0 aliphatic heterocycles. The van der Waals surface area contributed by atoms with Crippen LogP contribution in [0.1, 0.15) is 24.0 Å². The Balaban J connectivity index is 2.61. The first-order valence-electron chi connectivity index (χ1n) is 5.41. The molecule has 0 unspecified atom stereocenters. The first-order chi connectivity index (χ1) is 8.72. The molecule has 0 saturated heterocycles. The molecule has 1 aliphatic carbocycles. The lowest BCUT2D eigenvalue weighted by atomic mass is 9.94. The molecule has 1 aliphatic rings. The summed E-state index contributed by atoms with van der Waals surface area (Å²) in [6.45, 7) is 0. The van der Waals surface area contributed by atoms with Crippen molar-refractivity contribution in [2.75, 3.05) is 7.11 Å². The molecule has 0 spiro atoms. The third-order valence-corrected chi connectivity index (χ3v) is 3.55. The maximum absolute atomic E-state index is 12.9.